The second-order valence-corrected chi connectivity index (χ2v) is 21.5. The molecule has 0 aromatic carbocycles. The summed E-state index contributed by atoms with van der Waals surface area (Å²) >= 11 is 0. The average Bonchev–Trinajstić information content (AvgIpc) is 0.854. The van der Waals surface area contributed by atoms with Gasteiger partial charge in [0.25, 0.3) is 0 Å². The van der Waals surface area contributed by atoms with Crippen molar-refractivity contribution in [2.75, 3.05) is 164 Å². The Labute approximate surface area is 627 Å². The largest absolute Gasteiger partial charge is 3.00 e. The summed E-state index contributed by atoms with van der Waals surface area (Å²) < 4.78 is 20.1. The Morgan fingerprint density at radius 3 is 0.714 bits per heavy atom. The zero-order chi connectivity index (χ0) is 78.3. The molecule has 0 bridgehead atoms. The van der Waals surface area contributed by atoms with Gasteiger partial charge in [-0.3, -0.25) is 24.3 Å². The minimum absolute atomic E-state index is 0. The minimum atomic E-state index is -2.09. The van der Waals surface area contributed by atoms with Gasteiger partial charge in [0.05, 0.1) is 108 Å². The predicted octanol–water partition coefficient (Wildman–Crippen LogP) is -22.1. The molecule has 0 aliphatic carbocycles. The Kier molecular flexibility index (Phi) is 57.2. The molecule has 50 nitrogen and oxygen atoms in total. The number of oxime groups is 4. The third kappa shape index (κ3) is 45.7. The molecule has 0 heterocycles. The Hall–Kier alpha value is -6.53. The molecule has 2 amide bonds. The zero-order valence-corrected chi connectivity index (χ0v) is 58.0. The summed E-state index contributed by atoms with van der Waals surface area (Å²) in [5.74, 6) is -12.1. The van der Waals surface area contributed by atoms with Crippen molar-refractivity contribution < 1.29 is 244 Å². The van der Waals surface area contributed by atoms with Gasteiger partial charge in [-0.15, -0.1) is 0 Å². The van der Waals surface area contributed by atoms with Gasteiger partial charge < -0.3 is 185 Å². The molecule has 0 unspecified atom stereocenters. The number of aliphatic carboxylic acids is 3. The van der Waals surface area contributed by atoms with E-state index in [9.17, 15) is 140 Å². The number of esters is 4. The van der Waals surface area contributed by atoms with Crippen LogP contribution >= 0.6 is 0 Å². The molecule has 0 saturated heterocycles. The van der Waals surface area contributed by atoms with Gasteiger partial charge in [-0.25, -0.2) is 19.2 Å². The van der Waals surface area contributed by atoms with E-state index in [1.165, 1.54) is 0 Å². The topological polar surface area (TPSA) is 798 Å². The smallest absolute Gasteiger partial charge is 0.549 e. The number of nitrogens with zero attached hydrogens (tertiary/aromatic N) is 9. The number of carbonyl (C=O) groups excluding carboxylic acids is 9. The standard InChI is InChI=1S/C54H93N9O40.Gd.H2O/c64-22-34(72)51(92)47(88)30(68)13-55-100-26-43(84)96-9-5-62(6-10-97-44(85)27-101-56-14-31(69)48(89)52(93)35(73)23-65)38(76)17-60(20-41(80)81)3-1-59(19-40(78)79)2-4-61(21-42(82)83)18-39(77)63(7-11-98-45(86)28-102-57-15-32(70)49(90)53(94)36(74)24-66)8-12-99-46(87)29-103-58-16-33(71)50(91)54(95)37(75)25-67;;/h13-16,30-37,47-54,64-75,88-95H,1-12,17-29H2,(H,78,79)(H,80,81)(H,82,83);;1H2/q;+3;/p-3/b55-13+,56-14+,57-15+,58-16+;;/t30-,31-,32-,33-,34-,35-,36-,37-,47+,48+,49+,50+,51+,52+,53+,54+;;/m1../s1. The number of amides is 2. The first kappa shape index (κ1) is 103. The third-order valence-corrected chi connectivity index (χ3v) is 13.4. The molecule has 51 heteroatoms. The summed E-state index contributed by atoms with van der Waals surface area (Å²) in [6, 6.07) is 0. The molecule has 0 saturated carbocycles. The summed E-state index contributed by atoms with van der Waals surface area (Å²) in [5, 5.41) is 241. The average molecular weight is 1680 g/mol. The molecule has 0 aliphatic heterocycles. The number of carbonyl (C=O) groups is 9. The second kappa shape index (κ2) is 58.6. The van der Waals surface area contributed by atoms with E-state index in [4.69, 9.17) is 39.4 Å². The molecular weight excluding hydrogens is 1590 g/mol. The zero-order valence-electron chi connectivity index (χ0n) is 55.7. The van der Waals surface area contributed by atoms with Gasteiger partial charge in [-0.2, -0.15) is 0 Å². The van der Waals surface area contributed by atoms with Gasteiger partial charge in [-0.1, -0.05) is 20.6 Å². The molecule has 1 radical (unpaired) electrons. The number of aliphatic hydroxyl groups is 20. The Morgan fingerprint density at radius 1 is 0.314 bits per heavy atom. The van der Waals surface area contributed by atoms with E-state index in [0.717, 1.165) is 24.5 Å². The minimum Gasteiger partial charge on any atom is -0.549 e. The molecule has 0 aliphatic rings. The van der Waals surface area contributed by atoms with E-state index in [1.54, 1.807) is 0 Å². The van der Waals surface area contributed by atoms with E-state index in [2.05, 4.69) is 40.0 Å². The van der Waals surface area contributed by atoms with Gasteiger partial charge >= 0.3 is 63.8 Å². The molecule has 16 atom stereocenters. The summed E-state index contributed by atoms with van der Waals surface area (Å²) in [6.07, 6.45) is -30.0. The fourth-order valence-electron chi connectivity index (χ4n) is 7.65. The van der Waals surface area contributed by atoms with Crippen LogP contribution in [0.25, 0.3) is 0 Å². The Balaban J connectivity index is -0.0000520. The van der Waals surface area contributed by atoms with Crippen molar-refractivity contribution in [2.24, 2.45) is 20.6 Å². The van der Waals surface area contributed by atoms with Gasteiger partial charge in [-0.05, 0) is 0 Å². The fourth-order valence-corrected chi connectivity index (χ4v) is 7.65. The number of aliphatic hydroxyl groups excluding tert-OH is 20. The summed E-state index contributed by atoms with van der Waals surface area (Å²) in [6.45, 7) is -19.9. The first-order valence-electron chi connectivity index (χ1n) is 30.4. The third-order valence-electron chi connectivity index (χ3n) is 13.4. The van der Waals surface area contributed by atoms with Crippen molar-refractivity contribution in [3.8, 4) is 0 Å². The molecular formula is C54H92GdN9O41. The van der Waals surface area contributed by atoms with Crippen LogP contribution in [0.15, 0.2) is 20.6 Å². The number of carboxylic acid groups (broad SMARTS) is 3. The van der Waals surface area contributed by atoms with E-state index in [1.807, 2.05) is 0 Å². The van der Waals surface area contributed by atoms with Crippen molar-refractivity contribution in [1.82, 2.24) is 24.5 Å². The summed E-state index contributed by atoms with van der Waals surface area (Å²) in [4.78, 5) is 137. The molecule has 0 aromatic rings. The van der Waals surface area contributed by atoms with Crippen LogP contribution in [0.4, 0.5) is 0 Å². The first-order valence-corrected chi connectivity index (χ1v) is 30.4. The van der Waals surface area contributed by atoms with Gasteiger partial charge in [0.15, 0.2) is 0 Å². The Bertz CT molecular complexity index is 2330. The number of ether oxygens (including phenoxy) is 4. The second-order valence-electron chi connectivity index (χ2n) is 21.5. The Morgan fingerprint density at radius 2 is 0.514 bits per heavy atom. The quantitative estimate of drug-likeness (QED) is 0.0116. The van der Waals surface area contributed by atoms with Crippen LogP contribution in [0.5, 0.6) is 0 Å². The first-order chi connectivity index (χ1) is 48.5. The van der Waals surface area contributed by atoms with Crippen LogP contribution in [0, 0.1) is 39.9 Å². The molecule has 0 aromatic heterocycles. The normalized spacial score (nSPS) is 16.4. The molecule has 0 fully saturated rings. The van der Waals surface area contributed by atoms with Crippen LogP contribution in [-0.4, -0.2) is 473 Å². The van der Waals surface area contributed by atoms with Gasteiger partial charge in [0, 0.05) is 45.8 Å². The number of hydrogen-bond acceptors (Lipinski definition) is 47. The van der Waals surface area contributed by atoms with Gasteiger partial charge in [0.2, 0.25) is 38.2 Å². The molecule has 607 valence electrons. The number of hydrogen-bond donors (Lipinski definition) is 20. The monoisotopic (exact) mass is 1680 g/mol. The van der Waals surface area contributed by atoms with Crippen LogP contribution in [0.2, 0.25) is 0 Å². The number of carboxylic acids is 3. The maximum absolute atomic E-state index is 13.9. The molecule has 22 N–H and O–H groups in total. The SMILES string of the molecule is O.O=C([O-])CN(CCN(CC(=O)[O-])CC(=O)N(CCOC(=O)CO/N=C/[C@@H](O)[C@H](O)[C@@H](O)[C@H](O)CO)CCOC(=O)CO/N=C/[C@@H](O)[C@H](O)[C@@H](O)[C@H](O)CO)CCN(CC(=O)[O-])CC(=O)N(CCOC(=O)CO/N=C/[C@@H](O)[C@H](O)[C@@H](O)[C@H](O)CO)CCOC(=O)CO/N=C/[C@@H](O)[C@H](O)[C@@H](O)[C@H](O)CO.[Gd+3]. The molecule has 0 rings (SSSR count). The van der Waals surface area contributed by atoms with Crippen molar-refractivity contribution in [3.63, 3.8) is 0 Å². The van der Waals surface area contributed by atoms with E-state index < -0.39 is 316 Å². The molecule has 105 heavy (non-hydrogen) atoms. The predicted molar refractivity (Wildman–Crippen MR) is 327 cm³/mol. The maximum atomic E-state index is 13.9. The number of rotatable bonds is 60. The van der Waals surface area contributed by atoms with E-state index in [0.29, 0.717) is 24.9 Å². The van der Waals surface area contributed by atoms with Gasteiger partial charge in [0.1, 0.15) is 124 Å². The van der Waals surface area contributed by atoms with E-state index >= 15 is 0 Å². The fraction of sp³-hybridized carbons (Fsp3) is 0.759. The van der Waals surface area contributed by atoms with E-state index in [-0.39, 0.29) is 45.4 Å². The van der Waals surface area contributed by atoms with Crippen molar-refractivity contribution in [2.45, 2.75) is 97.7 Å². The van der Waals surface area contributed by atoms with Crippen LogP contribution < -0.4 is 15.3 Å². The summed E-state index contributed by atoms with van der Waals surface area (Å²) in [5.41, 5.74) is 0. The molecule has 0 spiro atoms. The van der Waals surface area contributed by atoms with Crippen LogP contribution in [-0.2, 0) is 81.4 Å². The maximum Gasteiger partial charge on any atom is 3.00 e. The van der Waals surface area contributed by atoms with Crippen LogP contribution in [0.3, 0.4) is 0 Å². The van der Waals surface area contributed by atoms with Crippen molar-refractivity contribution in [3.05, 3.63) is 0 Å². The summed E-state index contributed by atoms with van der Waals surface area (Å²) in [7, 11) is 0. The van der Waals surface area contributed by atoms with Crippen LogP contribution in [0.1, 0.15) is 0 Å². The van der Waals surface area contributed by atoms with Crippen molar-refractivity contribution in [1.29, 1.82) is 0 Å². The van der Waals surface area contributed by atoms with Crippen molar-refractivity contribution >= 4 is 78.5 Å².